The number of aromatic nitrogens is 3. The van der Waals surface area contributed by atoms with Gasteiger partial charge in [-0.2, -0.15) is 0 Å². The Labute approximate surface area is 136 Å². The summed E-state index contributed by atoms with van der Waals surface area (Å²) in [6.07, 6.45) is 4.49. The number of rotatable bonds is 5. The fourth-order valence-corrected chi connectivity index (χ4v) is 2.94. The average molecular weight is 315 g/mol. The molecule has 0 spiro atoms. The smallest absolute Gasteiger partial charge is 0.191 e. The van der Waals surface area contributed by atoms with Gasteiger partial charge in [0.15, 0.2) is 17.4 Å². The Bertz CT molecular complexity index is 663. The van der Waals surface area contributed by atoms with Gasteiger partial charge in [-0.3, -0.25) is 4.40 Å². The molecule has 2 aromatic rings. The van der Waals surface area contributed by atoms with Crippen molar-refractivity contribution in [1.82, 2.24) is 30.1 Å². The van der Waals surface area contributed by atoms with Gasteiger partial charge >= 0.3 is 0 Å². The normalized spacial score (nSPS) is 19.4. The molecular weight excluding hydrogens is 290 g/mol. The molecule has 1 fully saturated rings. The standard InChI is InChI=1S/C16H25N7/c1-3-17-16(18-11-13-7-6-9-22(13)2)19-12-15-21-20-14-8-4-5-10-23(14)15/h4-5,8,10,13H,3,6-7,9,11-12H2,1-2H3,(H2,17,18,19). The lowest BCUT2D eigenvalue weighted by Gasteiger charge is -2.21. The van der Waals surface area contributed by atoms with Gasteiger partial charge in [0.25, 0.3) is 0 Å². The highest BCUT2D eigenvalue weighted by Gasteiger charge is 2.20. The van der Waals surface area contributed by atoms with E-state index in [1.165, 1.54) is 19.4 Å². The van der Waals surface area contributed by atoms with Crippen molar-refractivity contribution in [3.05, 3.63) is 30.2 Å². The summed E-state index contributed by atoms with van der Waals surface area (Å²) in [7, 11) is 2.19. The lowest BCUT2D eigenvalue weighted by atomic mass is 10.2. The first-order chi connectivity index (χ1) is 11.3. The van der Waals surface area contributed by atoms with Crippen LogP contribution in [0.4, 0.5) is 0 Å². The predicted octanol–water partition coefficient (Wildman–Crippen LogP) is 0.879. The molecule has 23 heavy (non-hydrogen) atoms. The lowest BCUT2D eigenvalue weighted by molar-refractivity contribution is 0.309. The highest BCUT2D eigenvalue weighted by molar-refractivity contribution is 5.79. The van der Waals surface area contributed by atoms with Crippen molar-refractivity contribution in [2.24, 2.45) is 4.99 Å². The maximum Gasteiger partial charge on any atom is 0.191 e. The first-order valence-corrected chi connectivity index (χ1v) is 8.29. The summed E-state index contributed by atoms with van der Waals surface area (Å²) in [6.45, 7) is 5.52. The topological polar surface area (TPSA) is 69.8 Å². The third kappa shape index (κ3) is 3.79. The fourth-order valence-electron chi connectivity index (χ4n) is 2.94. The number of fused-ring (bicyclic) bond motifs is 1. The van der Waals surface area contributed by atoms with Crippen LogP contribution >= 0.6 is 0 Å². The summed E-state index contributed by atoms with van der Waals surface area (Å²) in [4.78, 5) is 7.05. The van der Waals surface area contributed by atoms with E-state index in [9.17, 15) is 0 Å². The number of aliphatic imine (C=N–C) groups is 1. The molecule has 124 valence electrons. The van der Waals surface area contributed by atoms with E-state index in [2.05, 4.69) is 44.7 Å². The molecule has 2 aromatic heterocycles. The Balaban J connectivity index is 1.64. The minimum absolute atomic E-state index is 0.501. The maximum atomic E-state index is 4.64. The fraction of sp³-hybridized carbons (Fsp3) is 0.562. The molecule has 0 aliphatic carbocycles. The van der Waals surface area contributed by atoms with E-state index >= 15 is 0 Å². The van der Waals surface area contributed by atoms with Crippen LogP contribution in [-0.2, 0) is 6.54 Å². The van der Waals surface area contributed by atoms with Crippen molar-refractivity contribution >= 4 is 11.6 Å². The van der Waals surface area contributed by atoms with Crippen LogP contribution in [-0.4, -0.2) is 58.2 Å². The van der Waals surface area contributed by atoms with Gasteiger partial charge in [0.05, 0.1) is 0 Å². The first kappa shape index (κ1) is 15.7. The Kier molecular flexibility index (Phi) is 5.07. The third-order valence-electron chi connectivity index (χ3n) is 4.28. The molecule has 0 radical (unpaired) electrons. The van der Waals surface area contributed by atoms with Crippen molar-refractivity contribution in [2.75, 3.05) is 26.7 Å². The second kappa shape index (κ2) is 7.41. The number of hydrogen-bond acceptors (Lipinski definition) is 4. The van der Waals surface area contributed by atoms with E-state index in [-0.39, 0.29) is 0 Å². The SMILES string of the molecule is CCNC(=NCc1nnc2ccccn12)NCC1CCCN1C. The number of hydrogen-bond donors (Lipinski definition) is 2. The van der Waals surface area contributed by atoms with Gasteiger partial charge < -0.3 is 15.5 Å². The van der Waals surface area contributed by atoms with Gasteiger partial charge in [-0.05, 0) is 45.5 Å². The van der Waals surface area contributed by atoms with Gasteiger partial charge in [0, 0.05) is 25.3 Å². The van der Waals surface area contributed by atoms with Crippen LogP contribution in [0.2, 0.25) is 0 Å². The Morgan fingerprint density at radius 3 is 3.04 bits per heavy atom. The number of likely N-dealkylation sites (N-methyl/N-ethyl adjacent to an activating group) is 1. The van der Waals surface area contributed by atoms with Crippen molar-refractivity contribution < 1.29 is 0 Å². The Hall–Kier alpha value is -2.15. The van der Waals surface area contributed by atoms with Gasteiger partial charge in [0.1, 0.15) is 6.54 Å². The highest BCUT2D eigenvalue weighted by atomic mass is 15.3. The van der Waals surface area contributed by atoms with Crippen molar-refractivity contribution in [3.63, 3.8) is 0 Å². The second-order valence-electron chi connectivity index (χ2n) is 5.90. The molecule has 1 aliphatic heterocycles. The predicted molar refractivity (Wildman–Crippen MR) is 91.5 cm³/mol. The molecular formula is C16H25N7. The number of nitrogens with zero attached hydrogens (tertiary/aromatic N) is 5. The van der Waals surface area contributed by atoms with Gasteiger partial charge in [-0.15, -0.1) is 10.2 Å². The van der Waals surface area contributed by atoms with Crippen LogP contribution in [0.3, 0.4) is 0 Å². The lowest BCUT2D eigenvalue weighted by Crippen LogP contribution is -2.44. The van der Waals surface area contributed by atoms with Crippen LogP contribution in [0, 0.1) is 0 Å². The molecule has 1 atom stereocenters. The molecule has 3 heterocycles. The average Bonchev–Trinajstić information content (AvgIpc) is 3.16. The summed E-state index contributed by atoms with van der Waals surface area (Å²) in [5.41, 5.74) is 0.850. The van der Waals surface area contributed by atoms with Gasteiger partial charge in [0.2, 0.25) is 0 Å². The molecule has 1 unspecified atom stereocenters. The first-order valence-electron chi connectivity index (χ1n) is 8.29. The van der Waals surface area contributed by atoms with Crippen molar-refractivity contribution in [2.45, 2.75) is 32.4 Å². The van der Waals surface area contributed by atoms with Crippen LogP contribution in [0.1, 0.15) is 25.6 Å². The zero-order valence-corrected chi connectivity index (χ0v) is 13.9. The molecule has 7 nitrogen and oxygen atoms in total. The summed E-state index contributed by atoms with van der Waals surface area (Å²) < 4.78 is 1.97. The second-order valence-corrected chi connectivity index (χ2v) is 5.90. The maximum absolute atomic E-state index is 4.64. The summed E-state index contributed by atoms with van der Waals surface area (Å²) in [6, 6.07) is 6.47. The molecule has 7 heteroatoms. The van der Waals surface area contributed by atoms with Crippen molar-refractivity contribution in [3.8, 4) is 0 Å². The van der Waals surface area contributed by atoms with Crippen LogP contribution in [0.5, 0.6) is 0 Å². The zero-order chi connectivity index (χ0) is 16.1. The van der Waals surface area contributed by atoms with E-state index in [1.54, 1.807) is 0 Å². The van der Waals surface area contributed by atoms with E-state index in [0.717, 1.165) is 30.5 Å². The van der Waals surface area contributed by atoms with Gasteiger partial charge in [-0.25, -0.2) is 4.99 Å². The quantitative estimate of drug-likeness (QED) is 0.633. The van der Waals surface area contributed by atoms with E-state index in [4.69, 9.17) is 0 Å². The molecule has 3 rings (SSSR count). The number of nitrogens with one attached hydrogen (secondary N) is 2. The molecule has 0 aromatic carbocycles. The summed E-state index contributed by atoms with van der Waals surface area (Å²) >= 11 is 0. The summed E-state index contributed by atoms with van der Waals surface area (Å²) in [5, 5.41) is 15.1. The molecule has 1 saturated heterocycles. The largest absolute Gasteiger partial charge is 0.357 e. The summed E-state index contributed by atoms with van der Waals surface area (Å²) in [5.74, 6) is 1.68. The minimum Gasteiger partial charge on any atom is -0.357 e. The van der Waals surface area contributed by atoms with Crippen LogP contribution < -0.4 is 10.6 Å². The highest BCUT2D eigenvalue weighted by Crippen LogP contribution is 2.13. The monoisotopic (exact) mass is 315 g/mol. The van der Waals surface area contributed by atoms with E-state index in [1.807, 2.05) is 28.8 Å². The third-order valence-corrected chi connectivity index (χ3v) is 4.28. The number of likely N-dealkylation sites (tertiary alicyclic amines) is 1. The van der Waals surface area contributed by atoms with E-state index < -0.39 is 0 Å². The number of guanidine groups is 1. The Morgan fingerprint density at radius 1 is 1.35 bits per heavy atom. The molecule has 1 aliphatic rings. The van der Waals surface area contributed by atoms with Crippen molar-refractivity contribution in [1.29, 1.82) is 0 Å². The van der Waals surface area contributed by atoms with E-state index in [0.29, 0.717) is 12.6 Å². The molecule has 2 N–H and O–H groups in total. The zero-order valence-electron chi connectivity index (χ0n) is 13.9. The minimum atomic E-state index is 0.501. The van der Waals surface area contributed by atoms with Gasteiger partial charge in [-0.1, -0.05) is 6.07 Å². The Morgan fingerprint density at radius 2 is 2.26 bits per heavy atom. The van der Waals surface area contributed by atoms with Crippen LogP contribution in [0.25, 0.3) is 5.65 Å². The molecule has 0 saturated carbocycles. The molecule has 0 amide bonds. The number of pyridine rings is 1. The van der Waals surface area contributed by atoms with Crippen LogP contribution in [0.15, 0.2) is 29.4 Å². The molecule has 0 bridgehead atoms.